The fourth-order valence-corrected chi connectivity index (χ4v) is 5.55. The predicted octanol–water partition coefficient (Wildman–Crippen LogP) is 5.43. The van der Waals surface area contributed by atoms with Crippen LogP contribution in [0.25, 0.3) is 22.9 Å². The fourth-order valence-electron chi connectivity index (χ4n) is 5.55. The standard InChI is InChI=1S/C31H36N6O4/c1-3-13-37-30(32-21-33-37)27-19-36-16-17-39-28-18-25(9-10-26(28)29(36)34-27)41-22(2)24-11-14-35(15-12-24)31(38)40-20-23-7-5-4-6-8-23/h4-10,18-19,21-22,24H,3,11-17,20H2,1-2H3. The number of carbonyl (C=O) groups is 1. The molecule has 1 saturated heterocycles. The first-order valence-corrected chi connectivity index (χ1v) is 14.4. The average molecular weight is 557 g/mol. The van der Waals surface area contributed by atoms with Crippen LogP contribution in [0.3, 0.4) is 0 Å². The number of aromatic nitrogens is 5. The zero-order valence-electron chi connectivity index (χ0n) is 23.6. The van der Waals surface area contributed by atoms with Crippen molar-refractivity contribution in [1.29, 1.82) is 0 Å². The third-order valence-electron chi connectivity index (χ3n) is 7.83. The summed E-state index contributed by atoms with van der Waals surface area (Å²) in [5, 5.41) is 4.35. The number of amides is 1. The van der Waals surface area contributed by atoms with Gasteiger partial charge in [0.2, 0.25) is 0 Å². The molecule has 6 rings (SSSR count). The second-order valence-electron chi connectivity index (χ2n) is 10.6. The monoisotopic (exact) mass is 556 g/mol. The third-order valence-corrected chi connectivity index (χ3v) is 7.83. The molecule has 0 aliphatic carbocycles. The van der Waals surface area contributed by atoms with Gasteiger partial charge >= 0.3 is 6.09 Å². The molecule has 0 saturated carbocycles. The first-order valence-electron chi connectivity index (χ1n) is 14.4. The molecule has 0 spiro atoms. The molecule has 1 fully saturated rings. The summed E-state index contributed by atoms with van der Waals surface area (Å²) in [7, 11) is 0. The Morgan fingerprint density at radius 3 is 2.73 bits per heavy atom. The van der Waals surface area contributed by atoms with Gasteiger partial charge < -0.3 is 23.7 Å². The number of imidazole rings is 1. The zero-order chi connectivity index (χ0) is 28.2. The molecule has 4 heterocycles. The largest absolute Gasteiger partial charge is 0.491 e. The smallest absolute Gasteiger partial charge is 0.410 e. The average Bonchev–Trinajstić information content (AvgIpc) is 3.60. The van der Waals surface area contributed by atoms with Gasteiger partial charge in [-0.15, -0.1) is 0 Å². The predicted molar refractivity (Wildman–Crippen MR) is 153 cm³/mol. The molecule has 10 heteroatoms. The van der Waals surface area contributed by atoms with Gasteiger partial charge in [-0.25, -0.2) is 19.4 Å². The molecular weight excluding hydrogens is 520 g/mol. The number of piperidine rings is 1. The van der Waals surface area contributed by atoms with E-state index >= 15 is 0 Å². The lowest BCUT2D eigenvalue weighted by atomic mass is 9.92. The molecular formula is C31H36N6O4. The summed E-state index contributed by atoms with van der Waals surface area (Å²) in [6, 6.07) is 15.7. The number of carbonyl (C=O) groups excluding carboxylic acids is 1. The van der Waals surface area contributed by atoms with Crippen LogP contribution in [0.2, 0.25) is 0 Å². The van der Waals surface area contributed by atoms with Crippen molar-refractivity contribution in [3.63, 3.8) is 0 Å². The van der Waals surface area contributed by atoms with E-state index in [-0.39, 0.29) is 12.2 Å². The van der Waals surface area contributed by atoms with Crippen LogP contribution in [0.1, 0.15) is 38.7 Å². The van der Waals surface area contributed by atoms with Crippen molar-refractivity contribution in [3.8, 4) is 34.4 Å². The molecule has 10 nitrogen and oxygen atoms in total. The number of ether oxygens (including phenoxy) is 3. The maximum Gasteiger partial charge on any atom is 0.410 e. The first kappa shape index (κ1) is 26.9. The number of aryl methyl sites for hydroxylation is 1. The molecule has 1 atom stereocenters. The molecule has 214 valence electrons. The number of fused-ring (bicyclic) bond motifs is 3. The van der Waals surface area contributed by atoms with Crippen LogP contribution in [0.5, 0.6) is 11.5 Å². The van der Waals surface area contributed by atoms with Crippen LogP contribution in [-0.4, -0.2) is 61.1 Å². The van der Waals surface area contributed by atoms with Gasteiger partial charge in [0.25, 0.3) is 0 Å². The van der Waals surface area contributed by atoms with Crippen molar-refractivity contribution in [2.45, 2.75) is 58.9 Å². The van der Waals surface area contributed by atoms with E-state index in [4.69, 9.17) is 19.2 Å². The Bertz CT molecular complexity index is 1480. The van der Waals surface area contributed by atoms with Gasteiger partial charge in [-0.3, -0.25) is 0 Å². The quantitative estimate of drug-likeness (QED) is 0.286. The molecule has 2 aliphatic heterocycles. The zero-order valence-corrected chi connectivity index (χ0v) is 23.6. The summed E-state index contributed by atoms with van der Waals surface area (Å²) in [6.07, 6.45) is 6.06. The lowest BCUT2D eigenvalue weighted by Gasteiger charge is -2.34. The van der Waals surface area contributed by atoms with E-state index < -0.39 is 0 Å². The first-order chi connectivity index (χ1) is 20.1. The topological polar surface area (TPSA) is 96.5 Å². The van der Waals surface area contributed by atoms with Gasteiger partial charge in [-0.1, -0.05) is 37.3 Å². The lowest BCUT2D eigenvalue weighted by molar-refractivity contribution is 0.0604. The molecule has 2 aliphatic rings. The van der Waals surface area contributed by atoms with E-state index in [1.54, 1.807) is 11.2 Å². The SMILES string of the molecule is CCCn1ncnc1-c1cn2c(n1)-c1ccc(OC(C)C3CCN(C(=O)OCc4ccccc4)CC3)cc1OCC2. The Labute approximate surface area is 239 Å². The van der Waals surface area contributed by atoms with Gasteiger partial charge in [0.15, 0.2) is 5.82 Å². The molecule has 0 radical (unpaired) electrons. The van der Waals surface area contributed by atoms with Crippen molar-refractivity contribution in [2.24, 2.45) is 5.92 Å². The molecule has 2 aromatic heterocycles. The Kier molecular flexibility index (Phi) is 7.89. The second kappa shape index (κ2) is 12.0. The number of hydrogen-bond donors (Lipinski definition) is 0. The minimum atomic E-state index is -0.254. The Balaban J connectivity index is 1.07. The van der Waals surface area contributed by atoms with Crippen molar-refractivity contribution in [3.05, 3.63) is 66.6 Å². The van der Waals surface area contributed by atoms with E-state index in [1.165, 1.54) is 0 Å². The molecule has 4 aromatic rings. The van der Waals surface area contributed by atoms with Gasteiger partial charge in [0.05, 0.1) is 18.2 Å². The van der Waals surface area contributed by atoms with Gasteiger partial charge in [-0.2, -0.15) is 5.10 Å². The fraction of sp³-hybridized carbons (Fsp3) is 0.419. The highest BCUT2D eigenvalue weighted by atomic mass is 16.6. The molecule has 1 amide bonds. The van der Waals surface area contributed by atoms with Crippen LogP contribution in [0.15, 0.2) is 61.1 Å². The van der Waals surface area contributed by atoms with Crippen LogP contribution in [0, 0.1) is 5.92 Å². The van der Waals surface area contributed by atoms with Crippen LogP contribution in [0.4, 0.5) is 4.79 Å². The van der Waals surface area contributed by atoms with Crippen LogP contribution < -0.4 is 9.47 Å². The highest BCUT2D eigenvalue weighted by Crippen LogP contribution is 2.37. The van der Waals surface area contributed by atoms with Gasteiger partial charge in [0.1, 0.15) is 42.6 Å². The number of likely N-dealkylation sites (tertiary alicyclic amines) is 1. The van der Waals surface area contributed by atoms with Crippen molar-refractivity contribution < 1.29 is 19.0 Å². The lowest BCUT2D eigenvalue weighted by Crippen LogP contribution is -2.42. The maximum atomic E-state index is 12.5. The van der Waals surface area contributed by atoms with E-state index in [1.807, 2.05) is 59.4 Å². The third kappa shape index (κ3) is 5.91. The summed E-state index contributed by atoms with van der Waals surface area (Å²) < 4.78 is 22.0. The van der Waals surface area contributed by atoms with E-state index in [2.05, 4.69) is 28.5 Å². The van der Waals surface area contributed by atoms with Crippen molar-refractivity contribution in [2.75, 3.05) is 19.7 Å². The number of rotatable bonds is 8. The summed E-state index contributed by atoms with van der Waals surface area (Å²) in [5.41, 5.74) is 2.73. The minimum Gasteiger partial charge on any atom is -0.491 e. The highest BCUT2D eigenvalue weighted by Gasteiger charge is 2.29. The summed E-state index contributed by atoms with van der Waals surface area (Å²) >= 11 is 0. The number of nitrogens with zero attached hydrogens (tertiary/aromatic N) is 6. The maximum absolute atomic E-state index is 12.5. The van der Waals surface area contributed by atoms with E-state index in [0.29, 0.717) is 38.8 Å². The van der Waals surface area contributed by atoms with E-state index in [0.717, 1.165) is 65.8 Å². The Morgan fingerprint density at radius 2 is 1.93 bits per heavy atom. The van der Waals surface area contributed by atoms with Crippen molar-refractivity contribution >= 4 is 6.09 Å². The number of hydrogen-bond acceptors (Lipinski definition) is 7. The molecule has 0 N–H and O–H groups in total. The summed E-state index contributed by atoms with van der Waals surface area (Å²) in [4.78, 5) is 23.7. The Morgan fingerprint density at radius 1 is 1.10 bits per heavy atom. The molecule has 2 aromatic carbocycles. The van der Waals surface area contributed by atoms with Crippen LogP contribution >= 0.6 is 0 Å². The minimum absolute atomic E-state index is 0.000155. The van der Waals surface area contributed by atoms with Gasteiger partial charge in [0, 0.05) is 31.9 Å². The molecule has 41 heavy (non-hydrogen) atoms. The summed E-state index contributed by atoms with van der Waals surface area (Å²) in [5.74, 6) is 3.50. The molecule has 1 unspecified atom stereocenters. The normalized spacial score (nSPS) is 15.8. The van der Waals surface area contributed by atoms with Crippen LogP contribution in [-0.2, 0) is 24.4 Å². The highest BCUT2D eigenvalue weighted by molar-refractivity contribution is 5.69. The summed E-state index contributed by atoms with van der Waals surface area (Å²) in [6.45, 7) is 7.87. The van der Waals surface area contributed by atoms with Crippen molar-refractivity contribution in [1.82, 2.24) is 29.2 Å². The van der Waals surface area contributed by atoms with E-state index in [9.17, 15) is 4.79 Å². The van der Waals surface area contributed by atoms with Gasteiger partial charge in [-0.05, 0) is 49.8 Å². The number of benzene rings is 2. The second-order valence-corrected chi connectivity index (χ2v) is 10.6. The Hall–Kier alpha value is -4.34. The molecule has 0 bridgehead atoms.